The van der Waals surface area contributed by atoms with Crippen molar-refractivity contribution in [1.29, 1.82) is 5.26 Å². The highest BCUT2D eigenvalue weighted by Crippen LogP contribution is 2.13. The van der Waals surface area contributed by atoms with Gasteiger partial charge in [0.25, 0.3) is 0 Å². The summed E-state index contributed by atoms with van der Waals surface area (Å²) >= 11 is 0. The van der Waals surface area contributed by atoms with Crippen LogP contribution in [0.1, 0.15) is 18.1 Å². The summed E-state index contributed by atoms with van der Waals surface area (Å²) in [4.78, 5) is 14.8. The fourth-order valence-corrected chi connectivity index (χ4v) is 1.10. The number of hydrogen-bond acceptors (Lipinski definition) is 3. The lowest BCUT2D eigenvalue weighted by atomic mass is 10.1. The average Bonchev–Trinajstić information content (AvgIpc) is 2.19. The molecule has 14 heavy (non-hydrogen) atoms. The average molecular weight is 187 g/mol. The zero-order chi connectivity index (χ0) is 10.6. The van der Waals surface area contributed by atoms with Crippen molar-refractivity contribution in [2.75, 3.05) is 0 Å². The number of carbonyl (C=O) groups is 1. The number of nitriles is 1. The van der Waals surface area contributed by atoms with E-state index in [1.807, 2.05) is 6.07 Å². The van der Waals surface area contributed by atoms with E-state index in [0.717, 1.165) is 0 Å². The van der Waals surface area contributed by atoms with Gasteiger partial charge in [-0.2, -0.15) is 5.26 Å². The summed E-state index contributed by atoms with van der Waals surface area (Å²) in [7, 11) is 0. The van der Waals surface area contributed by atoms with Crippen molar-refractivity contribution in [2.24, 2.45) is 5.73 Å². The molecule has 0 aliphatic carbocycles. The molecule has 70 valence electrons. The van der Waals surface area contributed by atoms with Crippen molar-refractivity contribution in [3.8, 4) is 6.07 Å². The van der Waals surface area contributed by atoms with E-state index in [2.05, 4.69) is 4.98 Å². The first kappa shape index (κ1) is 9.93. The summed E-state index contributed by atoms with van der Waals surface area (Å²) in [6, 6.07) is 3.52. The van der Waals surface area contributed by atoms with Gasteiger partial charge in [0, 0.05) is 23.5 Å². The Kier molecular flexibility index (Phi) is 2.97. The van der Waals surface area contributed by atoms with Crippen LogP contribution in [0.15, 0.2) is 24.5 Å². The molecule has 2 N–H and O–H groups in total. The van der Waals surface area contributed by atoms with Crippen LogP contribution in [0.4, 0.5) is 0 Å². The Bertz CT molecular complexity index is 429. The Labute approximate surface area is 81.7 Å². The largest absolute Gasteiger partial charge is 0.366 e. The van der Waals surface area contributed by atoms with E-state index in [-0.39, 0.29) is 0 Å². The molecule has 1 heterocycles. The minimum absolute atomic E-state index is 0.370. The van der Waals surface area contributed by atoms with Crippen molar-refractivity contribution in [3.05, 3.63) is 35.7 Å². The van der Waals surface area contributed by atoms with Gasteiger partial charge in [0.15, 0.2) is 0 Å². The SMILES string of the molecule is C/C=C(/C(N)=O)c1cncc(C#N)c1. The molecule has 0 saturated carbocycles. The van der Waals surface area contributed by atoms with Gasteiger partial charge in [0.2, 0.25) is 5.91 Å². The third-order valence-electron chi connectivity index (χ3n) is 1.73. The molecule has 0 fully saturated rings. The molecule has 0 aliphatic rings. The molecular formula is C10H9N3O. The zero-order valence-electron chi connectivity index (χ0n) is 7.69. The molecular weight excluding hydrogens is 178 g/mol. The first-order chi connectivity index (χ1) is 6.69. The van der Waals surface area contributed by atoms with Crippen molar-refractivity contribution in [3.63, 3.8) is 0 Å². The van der Waals surface area contributed by atoms with Crippen LogP contribution in [0.25, 0.3) is 5.57 Å². The number of amides is 1. The van der Waals surface area contributed by atoms with Gasteiger partial charge in [0.1, 0.15) is 6.07 Å². The number of pyridine rings is 1. The molecule has 0 radical (unpaired) electrons. The molecule has 4 nitrogen and oxygen atoms in total. The fourth-order valence-electron chi connectivity index (χ4n) is 1.10. The molecule has 1 rings (SSSR count). The summed E-state index contributed by atoms with van der Waals surface area (Å²) < 4.78 is 0. The monoisotopic (exact) mass is 187 g/mol. The predicted molar refractivity (Wildman–Crippen MR) is 51.8 cm³/mol. The zero-order valence-corrected chi connectivity index (χ0v) is 7.69. The normalized spacial score (nSPS) is 10.7. The van der Waals surface area contributed by atoms with E-state index in [4.69, 9.17) is 11.0 Å². The molecule has 4 heteroatoms. The summed E-state index contributed by atoms with van der Waals surface area (Å²) in [5, 5.41) is 8.63. The first-order valence-electron chi connectivity index (χ1n) is 4.00. The van der Waals surface area contributed by atoms with Gasteiger partial charge in [-0.3, -0.25) is 9.78 Å². The summed E-state index contributed by atoms with van der Waals surface area (Å²) in [6.45, 7) is 1.71. The maximum absolute atomic E-state index is 11.0. The van der Waals surface area contributed by atoms with Gasteiger partial charge in [-0.05, 0) is 13.0 Å². The fraction of sp³-hybridized carbons (Fsp3) is 0.100. The lowest BCUT2D eigenvalue weighted by Gasteiger charge is -2.01. The van der Waals surface area contributed by atoms with Crippen molar-refractivity contribution in [2.45, 2.75) is 6.92 Å². The highest BCUT2D eigenvalue weighted by atomic mass is 16.1. The second-order valence-corrected chi connectivity index (χ2v) is 2.64. The maximum Gasteiger partial charge on any atom is 0.249 e. The van der Waals surface area contributed by atoms with Crippen LogP contribution in [0.5, 0.6) is 0 Å². The molecule has 0 saturated heterocycles. The number of nitrogens with two attached hydrogens (primary N) is 1. The molecule has 1 aromatic rings. The second kappa shape index (κ2) is 4.19. The molecule has 0 bridgehead atoms. The molecule has 0 atom stereocenters. The smallest absolute Gasteiger partial charge is 0.249 e. The van der Waals surface area contributed by atoms with Crippen molar-refractivity contribution < 1.29 is 4.79 Å². The highest BCUT2D eigenvalue weighted by Gasteiger charge is 2.07. The Morgan fingerprint density at radius 3 is 2.86 bits per heavy atom. The third-order valence-corrected chi connectivity index (χ3v) is 1.73. The number of carbonyl (C=O) groups excluding carboxylic acids is 1. The van der Waals surface area contributed by atoms with Crippen LogP contribution in [0.2, 0.25) is 0 Å². The van der Waals surface area contributed by atoms with Gasteiger partial charge in [-0.25, -0.2) is 0 Å². The van der Waals surface area contributed by atoms with E-state index < -0.39 is 5.91 Å². The third kappa shape index (κ3) is 1.96. The van der Waals surface area contributed by atoms with Crippen molar-refractivity contribution in [1.82, 2.24) is 4.98 Å². The van der Waals surface area contributed by atoms with E-state index in [1.165, 1.54) is 12.4 Å². The number of hydrogen-bond donors (Lipinski definition) is 1. The summed E-state index contributed by atoms with van der Waals surface area (Å²) in [5.41, 5.74) is 6.50. The Morgan fingerprint density at radius 2 is 2.36 bits per heavy atom. The van der Waals surface area contributed by atoms with Gasteiger partial charge in [0.05, 0.1) is 5.56 Å². The topological polar surface area (TPSA) is 79.8 Å². The van der Waals surface area contributed by atoms with Crippen LogP contribution in [-0.4, -0.2) is 10.9 Å². The molecule has 0 aromatic carbocycles. The number of aromatic nitrogens is 1. The summed E-state index contributed by atoms with van der Waals surface area (Å²) in [5.74, 6) is -0.524. The standard InChI is InChI=1S/C10H9N3O/c1-2-9(10(12)14)8-3-7(4-11)5-13-6-8/h2-3,5-6H,1H3,(H2,12,14)/b9-2+. The Balaban J connectivity index is 3.20. The number of primary amides is 1. The lowest BCUT2D eigenvalue weighted by Crippen LogP contribution is -2.12. The number of allylic oxidation sites excluding steroid dienone is 1. The first-order valence-corrected chi connectivity index (χ1v) is 4.00. The van der Waals surface area contributed by atoms with E-state index in [9.17, 15) is 4.79 Å². The van der Waals surface area contributed by atoms with E-state index in [1.54, 1.807) is 19.1 Å². The van der Waals surface area contributed by atoms with Crippen LogP contribution >= 0.6 is 0 Å². The molecule has 0 aliphatic heterocycles. The minimum atomic E-state index is -0.524. The van der Waals surface area contributed by atoms with Crippen LogP contribution in [0.3, 0.4) is 0 Å². The van der Waals surface area contributed by atoms with Crippen LogP contribution in [0, 0.1) is 11.3 Å². The number of rotatable bonds is 2. The van der Waals surface area contributed by atoms with Crippen molar-refractivity contribution >= 4 is 11.5 Å². The number of nitrogens with zero attached hydrogens (tertiary/aromatic N) is 2. The second-order valence-electron chi connectivity index (χ2n) is 2.64. The Morgan fingerprint density at radius 1 is 1.64 bits per heavy atom. The van der Waals surface area contributed by atoms with Crippen LogP contribution in [-0.2, 0) is 4.79 Å². The maximum atomic E-state index is 11.0. The minimum Gasteiger partial charge on any atom is -0.366 e. The predicted octanol–water partition coefficient (Wildman–Crippen LogP) is 0.842. The van der Waals surface area contributed by atoms with Crippen LogP contribution < -0.4 is 5.73 Å². The van der Waals surface area contributed by atoms with E-state index in [0.29, 0.717) is 16.7 Å². The van der Waals surface area contributed by atoms with Gasteiger partial charge < -0.3 is 5.73 Å². The molecule has 1 aromatic heterocycles. The van der Waals surface area contributed by atoms with Gasteiger partial charge in [-0.15, -0.1) is 0 Å². The highest BCUT2D eigenvalue weighted by molar-refractivity contribution is 6.18. The molecule has 0 unspecified atom stereocenters. The summed E-state index contributed by atoms with van der Waals surface area (Å²) in [6.07, 6.45) is 4.53. The lowest BCUT2D eigenvalue weighted by molar-refractivity contribution is -0.112. The molecule has 0 spiro atoms. The quantitative estimate of drug-likeness (QED) is 0.696. The molecule has 1 amide bonds. The van der Waals surface area contributed by atoms with Gasteiger partial charge in [-0.1, -0.05) is 6.08 Å². The van der Waals surface area contributed by atoms with Gasteiger partial charge >= 0.3 is 0 Å². The Hall–Kier alpha value is -2.15. The van der Waals surface area contributed by atoms with E-state index >= 15 is 0 Å².